The predicted octanol–water partition coefficient (Wildman–Crippen LogP) is 2.58. The molecule has 0 saturated carbocycles. The van der Waals surface area contributed by atoms with E-state index in [4.69, 9.17) is 9.47 Å². The largest absolute Gasteiger partial charge is 0.475 e. The zero-order chi connectivity index (χ0) is 13.2. The first-order valence-corrected chi connectivity index (χ1v) is 6.38. The first-order chi connectivity index (χ1) is 9.28. The average Bonchev–Trinajstić information content (AvgIpc) is 2.44. The van der Waals surface area contributed by atoms with E-state index in [0.29, 0.717) is 18.9 Å². The molecule has 0 spiro atoms. The molecule has 0 aromatic heterocycles. The normalized spacial score (nSPS) is 17.2. The summed E-state index contributed by atoms with van der Waals surface area (Å²) < 4.78 is 10.7. The van der Waals surface area contributed by atoms with Crippen LogP contribution in [0, 0.1) is 0 Å². The van der Waals surface area contributed by atoms with Crippen molar-refractivity contribution in [2.75, 3.05) is 18.5 Å². The second kappa shape index (κ2) is 4.80. The zero-order valence-electron chi connectivity index (χ0n) is 10.7. The molecule has 4 nitrogen and oxygen atoms in total. The number of benzene rings is 2. The molecule has 0 amide bonds. The predicted molar refractivity (Wildman–Crippen MR) is 73.5 cm³/mol. The number of hydrogen-bond donors (Lipinski definition) is 1. The Morgan fingerprint density at radius 1 is 1.37 bits per heavy atom. The number of carbonyl (C=O) groups excluding carboxylic acids is 1. The lowest BCUT2D eigenvalue weighted by Crippen LogP contribution is -2.38. The van der Waals surface area contributed by atoms with E-state index in [1.54, 1.807) is 6.92 Å². The van der Waals surface area contributed by atoms with E-state index < -0.39 is 6.10 Å². The second-order valence-electron chi connectivity index (χ2n) is 4.43. The molecule has 2 aromatic rings. The van der Waals surface area contributed by atoms with Gasteiger partial charge in [0.2, 0.25) is 6.10 Å². The SMILES string of the molecule is CCOC(=O)C1CNc2cc3ccccc3cc2O1. The van der Waals surface area contributed by atoms with Crippen LogP contribution in [0.1, 0.15) is 6.92 Å². The maximum Gasteiger partial charge on any atom is 0.349 e. The Balaban J connectivity index is 1.92. The summed E-state index contributed by atoms with van der Waals surface area (Å²) >= 11 is 0. The van der Waals surface area contributed by atoms with Crippen LogP contribution in [0.25, 0.3) is 10.8 Å². The maximum atomic E-state index is 11.7. The van der Waals surface area contributed by atoms with Gasteiger partial charge in [-0.05, 0) is 29.8 Å². The summed E-state index contributed by atoms with van der Waals surface area (Å²) in [6, 6.07) is 12.0. The monoisotopic (exact) mass is 257 g/mol. The Kier molecular flexibility index (Phi) is 2.99. The standard InChI is InChI=1S/C15H15NO3/c1-2-18-15(17)14-9-16-12-7-10-5-3-4-6-11(10)8-13(12)19-14/h3-8,14,16H,2,9H2,1H3. The van der Waals surface area contributed by atoms with Crippen molar-refractivity contribution in [2.45, 2.75) is 13.0 Å². The molecule has 19 heavy (non-hydrogen) atoms. The van der Waals surface area contributed by atoms with Crippen LogP contribution in [-0.2, 0) is 9.53 Å². The molecule has 1 atom stereocenters. The molecule has 1 aliphatic heterocycles. The van der Waals surface area contributed by atoms with Crippen LogP contribution in [0.15, 0.2) is 36.4 Å². The van der Waals surface area contributed by atoms with Crippen molar-refractivity contribution in [3.63, 3.8) is 0 Å². The molecular formula is C15H15NO3. The Labute approximate surface area is 111 Å². The van der Waals surface area contributed by atoms with Crippen LogP contribution >= 0.6 is 0 Å². The molecule has 4 heteroatoms. The molecule has 0 aliphatic carbocycles. The van der Waals surface area contributed by atoms with E-state index in [2.05, 4.69) is 11.4 Å². The smallest absolute Gasteiger partial charge is 0.349 e. The topological polar surface area (TPSA) is 47.6 Å². The van der Waals surface area contributed by atoms with Crippen molar-refractivity contribution < 1.29 is 14.3 Å². The van der Waals surface area contributed by atoms with Crippen molar-refractivity contribution in [1.82, 2.24) is 0 Å². The van der Waals surface area contributed by atoms with Gasteiger partial charge < -0.3 is 14.8 Å². The van der Waals surface area contributed by atoms with Gasteiger partial charge in [-0.3, -0.25) is 0 Å². The van der Waals surface area contributed by atoms with Gasteiger partial charge in [-0.2, -0.15) is 0 Å². The lowest BCUT2D eigenvalue weighted by atomic mass is 10.1. The van der Waals surface area contributed by atoms with Crippen LogP contribution < -0.4 is 10.1 Å². The van der Waals surface area contributed by atoms with Crippen LogP contribution in [0.5, 0.6) is 5.75 Å². The summed E-state index contributed by atoms with van der Waals surface area (Å²) in [5.74, 6) is 0.372. The van der Waals surface area contributed by atoms with Gasteiger partial charge in [0.15, 0.2) is 0 Å². The Morgan fingerprint density at radius 3 is 2.84 bits per heavy atom. The van der Waals surface area contributed by atoms with Gasteiger partial charge in [-0.25, -0.2) is 4.79 Å². The molecule has 1 unspecified atom stereocenters. The van der Waals surface area contributed by atoms with E-state index in [1.165, 1.54) is 0 Å². The summed E-state index contributed by atoms with van der Waals surface area (Å²) in [7, 11) is 0. The van der Waals surface area contributed by atoms with Crippen LogP contribution in [0.2, 0.25) is 0 Å². The Bertz CT molecular complexity index is 624. The van der Waals surface area contributed by atoms with Crippen LogP contribution in [-0.4, -0.2) is 25.2 Å². The van der Waals surface area contributed by atoms with Gasteiger partial charge in [-0.15, -0.1) is 0 Å². The molecule has 1 aliphatic rings. The lowest BCUT2D eigenvalue weighted by Gasteiger charge is -2.26. The number of ether oxygens (including phenoxy) is 2. The summed E-state index contributed by atoms with van der Waals surface area (Å²) in [6.07, 6.45) is -0.575. The van der Waals surface area contributed by atoms with E-state index in [-0.39, 0.29) is 5.97 Å². The highest BCUT2D eigenvalue weighted by molar-refractivity contribution is 5.89. The molecule has 0 saturated heterocycles. The highest BCUT2D eigenvalue weighted by Gasteiger charge is 2.27. The van der Waals surface area contributed by atoms with Gasteiger partial charge in [0.1, 0.15) is 5.75 Å². The molecular weight excluding hydrogens is 242 g/mol. The number of carbonyl (C=O) groups is 1. The van der Waals surface area contributed by atoms with Crippen LogP contribution in [0.4, 0.5) is 5.69 Å². The second-order valence-corrected chi connectivity index (χ2v) is 4.43. The van der Waals surface area contributed by atoms with Gasteiger partial charge in [-0.1, -0.05) is 24.3 Å². The van der Waals surface area contributed by atoms with Crippen LogP contribution in [0.3, 0.4) is 0 Å². The summed E-state index contributed by atoms with van der Waals surface area (Å²) in [4.78, 5) is 11.7. The number of rotatable bonds is 2. The van der Waals surface area contributed by atoms with Gasteiger partial charge in [0.05, 0.1) is 18.8 Å². The van der Waals surface area contributed by atoms with E-state index >= 15 is 0 Å². The fourth-order valence-corrected chi connectivity index (χ4v) is 2.22. The number of anilines is 1. The Morgan fingerprint density at radius 2 is 2.11 bits per heavy atom. The summed E-state index contributed by atoms with van der Waals surface area (Å²) in [5, 5.41) is 5.45. The van der Waals surface area contributed by atoms with Crippen molar-refractivity contribution in [3.8, 4) is 5.75 Å². The number of fused-ring (bicyclic) bond motifs is 2. The van der Waals surface area contributed by atoms with Gasteiger partial charge >= 0.3 is 5.97 Å². The van der Waals surface area contributed by atoms with E-state index in [1.807, 2.05) is 30.3 Å². The van der Waals surface area contributed by atoms with Gasteiger partial charge in [0, 0.05) is 0 Å². The highest BCUT2D eigenvalue weighted by Crippen LogP contribution is 2.33. The van der Waals surface area contributed by atoms with Crippen molar-refractivity contribution in [3.05, 3.63) is 36.4 Å². The lowest BCUT2D eigenvalue weighted by molar-refractivity contribution is -0.150. The number of nitrogens with one attached hydrogen (secondary N) is 1. The molecule has 1 heterocycles. The first-order valence-electron chi connectivity index (χ1n) is 6.38. The fraction of sp³-hybridized carbons (Fsp3) is 0.267. The van der Waals surface area contributed by atoms with Gasteiger partial charge in [0.25, 0.3) is 0 Å². The zero-order valence-corrected chi connectivity index (χ0v) is 10.7. The third-order valence-corrected chi connectivity index (χ3v) is 3.14. The van der Waals surface area contributed by atoms with E-state index in [9.17, 15) is 4.79 Å². The molecule has 1 N–H and O–H groups in total. The number of hydrogen-bond acceptors (Lipinski definition) is 4. The molecule has 3 rings (SSSR count). The quantitative estimate of drug-likeness (QED) is 0.840. The molecule has 0 bridgehead atoms. The van der Waals surface area contributed by atoms with Crippen molar-refractivity contribution in [2.24, 2.45) is 0 Å². The Hall–Kier alpha value is -2.23. The molecule has 2 aromatic carbocycles. The third-order valence-electron chi connectivity index (χ3n) is 3.14. The van der Waals surface area contributed by atoms with E-state index in [0.717, 1.165) is 16.5 Å². The molecule has 0 radical (unpaired) electrons. The highest BCUT2D eigenvalue weighted by atomic mass is 16.6. The third kappa shape index (κ3) is 2.21. The minimum atomic E-state index is -0.575. The maximum absolute atomic E-state index is 11.7. The first kappa shape index (κ1) is 11.8. The minimum absolute atomic E-state index is 0.325. The average molecular weight is 257 g/mol. The molecule has 0 fully saturated rings. The number of esters is 1. The minimum Gasteiger partial charge on any atom is -0.475 e. The summed E-state index contributed by atoms with van der Waals surface area (Å²) in [5.41, 5.74) is 0.916. The summed E-state index contributed by atoms with van der Waals surface area (Å²) in [6.45, 7) is 2.59. The van der Waals surface area contributed by atoms with Crippen molar-refractivity contribution in [1.29, 1.82) is 0 Å². The molecule has 98 valence electrons. The fourth-order valence-electron chi connectivity index (χ4n) is 2.22. The van der Waals surface area contributed by atoms with Crippen molar-refractivity contribution >= 4 is 22.4 Å².